The molecule has 0 aliphatic heterocycles. The summed E-state index contributed by atoms with van der Waals surface area (Å²) in [5.74, 6) is 0.610. The summed E-state index contributed by atoms with van der Waals surface area (Å²) in [6.45, 7) is 0.676. The van der Waals surface area contributed by atoms with Crippen molar-refractivity contribution < 1.29 is 9.90 Å². The zero-order valence-corrected chi connectivity index (χ0v) is 10.3. The third-order valence-corrected chi connectivity index (χ3v) is 3.59. The minimum Gasteiger partial charge on any atom is -0.508 e. The van der Waals surface area contributed by atoms with Gasteiger partial charge in [-0.3, -0.25) is 4.79 Å². The van der Waals surface area contributed by atoms with E-state index in [1.807, 2.05) is 0 Å². The number of amides is 1. The molecule has 0 heterocycles. The molecule has 0 bridgehead atoms. The molecule has 1 aliphatic rings. The van der Waals surface area contributed by atoms with Crippen LogP contribution in [0.3, 0.4) is 0 Å². The molecule has 1 saturated carbocycles. The van der Waals surface area contributed by atoms with Gasteiger partial charge < -0.3 is 10.4 Å². The van der Waals surface area contributed by atoms with Crippen LogP contribution in [-0.2, 0) is 0 Å². The normalized spacial score (nSPS) is 15.4. The van der Waals surface area contributed by atoms with E-state index in [0.29, 0.717) is 17.1 Å². The second-order valence-electron chi connectivity index (χ2n) is 4.51. The number of halogens is 1. The summed E-state index contributed by atoms with van der Waals surface area (Å²) < 4.78 is 0. The first-order valence-electron chi connectivity index (χ1n) is 5.93. The summed E-state index contributed by atoms with van der Waals surface area (Å²) in [4.78, 5) is 11.8. The molecular weight excluding hydrogens is 238 g/mol. The lowest BCUT2D eigenvalue weighted by Crippen LogP contribution is -2.27. The van der Waals surface area contributed by atoms with Crippen molar-refractivity contribution in [3.8, 4) is 5.75 Å². The highest BCUT2D eigenvalue weighted by Crippen LogP contribution is 2.28. The Balaban J connectivity index is 1.87. The Labute approximate surface area is 106 Å². The highest BCUT2D eigenvalue weighted by molar-refractivity contribution is 6.33. The average molecular weight is 254 g/mol. The van der Waals surface area contributed by atoms with Gasteiger partial charge in [-0.2, -0.15) is 0 Å². The fraction of sp³-hybridized carbons (Fsp3) is 0.462. The number of hydrogen-bond donors (Lipinski definition) is 2. The monoisotopic (exact) mass is 253 g/mol. The SMILES string of the molecule is O=C(NCCC1CCC1)c1cc(O)ccc1Cl. The van der Waals surface area contributed by atoms with Crippen LogP contribution >= 0.6 is 11.6 Å². The van der Waals surface area contributed by atoms with E-state index in [2.05, 4.69) is 5.32 Å². The second-order valence-corrected chi connectivity index (χ2v) is 4.91. The van der Waals surface area contributed by atoms with E-state index < -0.39 is 0 Å². The average Bonchev–Trinajstić information content (AvgIpc) is 2.25. The van der Waals surface area contributed by atoms with Gasteiger partial charge in [-0.15, -0.1) is 0 Å². The number of rotatable bonds is 4. The van der Waals surface area contributed by atoms with Crippen LogP contribution in [-0.4, -0.2) is 17.6 Å². The highest BCUT2D eigenvalue weighted by atomic mass is 35.5. The van der Waals surface area contributed by atoms with Crippen LogP contribution in [0.1, 0.15) is 36.0 Å². The number of hydrogen-bond acceptors (Lipinski definition) is 2. The third-order valence-electron chi connectivity index (χ3n) is 3.26. The molecule has 0 atom stereocenters. The molecule has 0 saturated heterocycles. The summed E-state index contributed by atoms with van der Waals surface area (Å²) in [5.41, 5.74) is 0.334. The van der Waals surface area contributed by atoms with Gasteiger partial charge in [-0.1, -0.05) is 30.9 Å². The van der Waals surface area contributed by atoms with Crippen molar-refractivity contribution in [3.05, 3.63) is 28.8 Å². The van der Waals surface area contributed by atoms with Gasteiger partial charge in [0.25, 0.3) is 5.91 Å². The first-order chi connectivity index (χ1) is 8.16. The second kappa shape index (κ2) is 5.41. The smallest absolute Gasteiger partial charge is 0.252 e. The molecule has 1 aliphatic carbocycles. The minimum atomic E-state index is -0.217. The van der Waals surface area contributed by atoms with Gasteiger partial charge in [0, 0.05) is 6.54 Å². The standard InChI is InChI=1S/C13H16ClNO2/c14-12-5-4-10(16)8-11(12)13(17)15-7-6-9-2-1-3-9/h4-5,8-9,16H,1-3,6-7H2,(H,15,17). The van der Waals surface area contributed by atoms with Crippen LogP contribution in [0.25, 0.3) is 0 Å². The molecule has 0 aromatic heterocycles. The van der Waals surface area contributed by atoms with Crippen LogP contribution in [0.2, 0.25) is 5.02 Å². The number of aromatic hydroxyl groups is 1. The van der Waals surface area contributed by atoms with Gasteiger partial charge >= 0.3 is 0 Å². The maximum Gasteiger partial charge on any atom is 0.252 e. The van der Waals surface area contributed by atoms with Gasteiger partial charge in [0.1, 0.15) is 5.75 Å². The predicted octanol–water partition coefficient (Wildman–Crippen LogP) is 2.97. The molecule has 2 rings (SSSR count). The van der Waals surface area contributed by atoms with E-state index in [1.54, 1.807) is 0 Å². The Morgan fingerprint density at radius 2 is 2.24 bits per heavy atom. The number of carbonyl (C=O) groups is 1. The van der Waals surface area contributed by atoms with Gasteiger partial charge in [-0.25, -0.2) is 0 Å². The van der Waals surface area contributed by atoms with Crippen LogP contribution in [0.4, 0.5) is 0 Å². The van der Waals surface area contributed by atoms with Gasteiger partial charge in [0.15, 0.2) is 0 Å². The topological polar surface area (TPSA) is 49.3 Å². The first-order valence-corrected chi connectivity index (χ1v) is 6.31. The number of nitrogens with one attached hydrogen (secondary N) is 1. The Kier molecular flexibility index (Phi) is 3.89. The Morgan fingerprint density at radius 1 is 1.47 bits per heavy atom. The Bertz CT molecular complexity index is 416. The molecule has 17 heavy (non-hydrogen) atoms. The van der Waals surface area contributed by atoms with Crippen molar-refractivity contribution >= 4 is 17.5 Å². The molecule has 92 valence electrons. The molecule has 4 heteroatoms. The molecule has 0 spiro atoms. The summed E-state index contributed by atoms with van der Waals surface area (Å²) in [6, 6.07) is 4.38. The summed E-state index contributed by atoms with van der Waals surface area (Å²) in [5, 5.41) is 12.5. The lowest BCUT2D eigenvalue weighted by Gasteiger charge is -2.25. The van der Waals surface area contributed by atoms with E-state index in [4.69, 9.17) is 11.6 Å². The van der Waals surface area contributed by atoms with E-state index in [0.717, 1.165) is 12.3 Å². The maximum absolute atomic E-state index is 11.8. The Morgan fingerprint density at radius 3 is 2.88 bits per heavy atom. The van der Waals surface area contributed by atoms with Crippen molar-refractivity contribution in [2.45, 2.75) is 25.7 Å². The van der Waals surface area contributed by atoms with Gasteiger partial charge in [0.2, 0.25) is 0 Å². The quantitative estimate of drug-likeness (QED) is 0.867. The molecule has 3 nitrogen and oxygen atoms in total. The van der Waals surface area contributed by atoms with Crippen molar-refractivity contribution in [2.75, 3.05) is 6.54 Å². The summed E-state index contributed by atoms with van der Waals surface area (Å²) >= 11 is 5.90. The predicted molar refractivity (Wildman–Crippen MR) is 67.4 cm³/mol. The van der Waals surface area contributed by atoms with Crippen LogP contribution < -0.4 is 5.32 Å². The first kappa shape index (κ1) is 12.2. The highest BCUT2D eigenvalue weighted by Gasteiger charge is 2.17. The van der Waals surface area contributed by atoms with Crippen LogP contribution in [0.15, 0.2) is 18.2 Å². The van der Waals surface area contributed by atoms with Crippen LogP contribution in [0, 0.1) is 5.92 Å². The minimum absolute atomic E-state index is 0.0542. The van der Waals surface area contributed by atoms with Crippen molar-refractivity contribution in [3.63, 3.8) is 0 Å². The zero-order valence-electron chi connectivity index (χ0n) is 9.58. The van der Waals surface area contributed by atoms with Crippen LogP contribution in [0.5, 0.6) is 5.75 Å². The van der Waals surface area contributed by atoms with Gasteiger partial charge in [-0.05, 0) is 30.5 Å². The van der Waals surface area contributed by atoms with Crippen molar-refractivity contribution in [1.82, 2.24) is 5.32 Å². The van der Waals surface area contributed by atoms with Gasteiger partial charge in [0.05, 0.1) is 10.6 Å². The Hall–Kier alpha value is -1.22. The molecule has 0 unspecified atom stereocenters. The lowest BCUT2D eigenvalue weighted by atomic mass is 9.83. The number of phenols is 1. The van der Waals surface area contributed by atoms with E-state index in [9.17, 15) is 9.90 Å². The summed E-state index contributed by atoms with van der Waals surface area (Å²) in [7, 11) is 0. The fourth-order valence-corrected chi connectivity index (χ4v) is 2.16. The zero-order chi connectivity index (χ0) is 12.3. The fourth-order valence-electron chi connectivity index (χ4n) is 1.95. The summed E-state index contributed by atoms with van der Waals surface area (Å²) in [6.07, 6.45) is 4.91. The molecule has 1 fully saturated rings. The van der Waals surface area contributed by atoms with E-state index in [-0.39, 0.29) is 11.7 Å². The molecule has 1 aromatic rings. The molecule has 1 aromatic carbocycles. The van der Waals surface area contributed by atoms with Crippen molar-refractivity contribution in [2.24, 2.45) is 5.92 Å². The molecule has 0 radical (unpaired) electrons. The third kappa shape index (κ3) is 3.13. The number of carbonyl (C=O) groups excluding carboxylic acids is 1. The molecule has 1 amide bonds. The van der Waals surface area contributed by atoms with E-state index in [1.165, 1.54) is 37.5 Å². The molecular formula is C13H16ClNO2. The maximum atomic E-state index is 11.8. The van der Waals surface area contributed by atoms with Crippen molar-refractivity contribution in [1.29, 1.82) is 0 Å². The molecule has 2 N–H and O–H groups in total. The van der Waals surface area contributed by atoms with E-state index >= 15 is 0 Å². The number of benzene rings is 1. The largest absolute Gasteiger partial charge is 0.508 e. The lowest BCUT2D eigenvalue weighted by molar-refractivity contribution is 0.0948. The number of phenolic OH excluding ortho intramolecular Hbond substituents is 1.